The van der Waals surface area contributed by atoms with Gasteiger partial charge in [0.05, 0.1) is 6.10 Å². The molecule has 1 saturated carbocycles. The van der Waals surface area contributed by atoms with Gasteiger partial charge >= 0.3 is 0 Å². The number of para-hydroxylation sites is 1. The second kappa shape index (κ2) is 6.45. The molecule has 0 amide bonds. The number of nitrogens with zero attached hydrogens (tertiary/aromatic N) is 2. The van der Waals surface area contributed by atoms with Crippen LogP contribution in [0.2, 0.25) is 0 Å². The van der Waals surface area contributed by atoms with Crippen molar-refractivity contribution in [1.29, 1.82) is 0 Å². The van der Waals surface area contributed by atoms with Gasteiger partial charge in [-0.3, -0.25) is 9.88 Å². The summed E-state index contributed by atoms with van der Waals surface area (Å²) in [5, 5.41) is 0. The number of fused-ring (bicyclic) bond motifs is 4. The molecular weight excluding hydrogens is 308 g/mol. The lowest BCUT2D eigenvalue weighted by molar-refractivity contribution is 0.158. The van der Waals surface area contributed by atoms with Crippen molar-refractivity contribution in [2.24, 2.45) is 0 Å². The van der Waals surface area contributed by atoms with Gasteiger partial charge in [-0.15, -0.1) is 0 Å². The number of aromatic nitrogens is 1. The Labute approximate surface area is 150 Å². The van der Waals surface area contributed by atoms with Gasteiger partial charge in [0, 0.05) is 42.5 Å². The third-order valence-corrected chi connectivity index (χ3v) is 6.28. The first-order valence-electron chi connectivity index (χ1n) is 9.82. The van der Waals surface area contributed by atoms with E-state index in [9.17, 15) is 0 Å². The lowest BCUT2D eigenvalue weighted by Crippen LogP contribution is -2.37. The lowest BCUT2D eigenvalue weighted by Gasteiger charge is -2.36. The summed E-state index contributed by atoms with van der Waals surface area (Å²) in [6, 6.07) is 14.2. The van der Waals surface area contributed by atoms with E-state index in [4.69, 9.17) is 4.74 Å². The van der Waals surface area contributed by atoms with Crippen molar-refractivity contribution >= 4 is 0 Å². The van der Waals surface area contributed by atoms with Crippen molar-refractivity contribution in [3.63, 3.8) is 0 Å². The molecule has 3 heteroatoms. The van der Waals surface area contributed by atoms with Crippen LogP contribution in [0.1, 0.15) is 61.4 Å². The molecule has 0 radical (unpaired) electrons. The minimum Gasteiger partial charge on any atom is -0.490 e. The van der Waals surface area contributed by atoms with Crippen LogP contribution in [0.4, 0.5) is 0 Å². The summed E-state index contributed by atoms with van der Waals surface area (Å²) in [5.74, 6) is 1.10. The molecule has 3 aliphatic rings. The normalized spacial score (nSPS) is 25.9. The minimum absolute atomic E-state index is 0.421. The number of hydrogen-bond donors (Lipinski definition) is 0. The highest BCUT2D eigenvalue weighted by Crippen LogP contribution is 2.44. The SMILES string of the molecule is c1ccc(OC2CCCC2)c(CN2[C@H]3CC[C@H]2c2cccnc2C3)c1. The number of hydrogen-bond acceptors (Lipinski definition) is 3. The van der Waals surface area contributed by atoms with E-state index in [1.54, 1.807) is 0 Å². The predicted molar refractivity (Wildman–Crippen MR) is 98.6 cm³/mol. The first-order chi connectivity index (χ1) is 12.4. The maximum atomic E-state index is 6.37. The highest BCUT2D eigenvalue weighted by molar-refractivity contribution is 5.35. The predicted octanol–water partition coefficient (Wildman–Crippen LogP) is 4.66. The second-order valence-electron chi connectivity index (χ2n) is 7.79. The molecule has 130 valence electrons. The van der Waals surface area contributed by atoms with Crippen molar-refractivity contribution in [3.8, 4) is 5.75 Å². The van der Waals surface area contributed by atoms with E-state index >= 15 is 0 Å². The van der Waals surface area contributed by atoms with Crippen molar-refractivity contribution in [1.82, 2.24) is 9.88 Å². The number of ether oxygens (including phenoxy) is 1. The molecule has 3 nitrogen and oxygen atoms in total. The van der Waals surface area contributed by atoms with Crippen LogP contribution in [-0.4, -0.2) is 22.0 Å². The molecule has 5 rings (SSSR count). The topological polar surface area (TPSA) is 25.4 Å². The van der Waals surface area contributed by atoms with Crippen LogP contribution >= 0.6 is 0 Å². The fourth-order valence-electron chi connectivity index (χ4n) is 5.01. The highest BCUT2D eigenvalue weighted by atomic mass is 16.5. The Hall–Kier alpha value is -1.87. The molecule has 3 heterocycles. The summed E-state index contributed by atoms with van der Waals surface area (Å²) in [6.07, 6.45) is 11.0. The average molecular weight is 334 g/mol. The van der Waals surface area contributed by atoms with Crippen LogP contribution in [0.5, 0.6) is 5.75 Å². The molecule has 25 heavy (non-hydrogen) atoms. The van der Waals surface area contributed by atoms with E-state index in [1.807, 2.05) is 6.20 Å². The summed E-state index contributed by atoms with van der Waals surface area (Å²) < 4.78 is 6.37. The molecule has 2 bridgehead atoms. The van der Waals surface area contributed by atoms with E-state index in [1.165, 1.54) is 55.3 Å². The molecule has 1 saturated heterocycles. The van der Waals surface area contributed by atoms with Gasteiger partial charge in [-0.05, 0) is 56.2 Å². The van der Waals surface area contributed by atoms with Crippen molar-refractivity contribution < 1.29 is 4.74 Å². The Morgan fingerprint density at radius 3 is 2.80 bits per heavy atom. The molecular formula is C22H26N2O. The molecule has 2 aliphatic heterocycles. The maximum Gasteiger partial charge on any atom is 0.124 e. The molecule has 1 aromatic carbocycles. The fourth-order valence-corrected chi connectivity index (χ4v) is 5.01. The van der Waals surface area contributed by atoms with Gasteiger partial charge in [0.25, 0.3) is 0 Å². The van der Waals surface area contributed by atoms with Gasteiger partial charge in [-0.1, -0.05) is 24.3 Å². The zero-order chi connectivity index (χ0) is 16.6. The molecule has 1 aromatic heterocycles. The van der Waals surface area contributed by atoms with Crippen molar-refractivity contribution in [3.05, 3.63) is 59.4 Å². The average Bonchev–Trinajstić information content (AvgIpc) is 3.24. The lowest BCUT2D eigenvalue weighted by atomic mass is 9.97. The van der Waals surface area contributed by atoms with Crippen molar-refractivity contribution in [2.75, 3.05) is 0 Å². The molecule has 2 atom stereocenters. The van der Waals surface area contributed by atoms with Gasteiger partial charge in [0.2, 0.25) is 0 Å². The largest absolute Gasteiger partial charge is 0.490 e. The van der Waals surface area contributed by atoms with Crippen LogP contribution in [0.15, 0.2) is 42.6 Å². The molecule has 0 unspecified atom stereocenters. The Balaban J connectivity index is 1.39. The number of rotatable bonds is 4. The zero-order valence-electron chi connectivity index (χ0n) is 14.7. The fraction of sp³-hybridized carbons (Fsp3) is 0.500. The van der Waals surface area contributed by atoms with Crippen LogP contribution in [0.25, 0.3) is 0 Å². The van der Waals surface area contributed by atoms with Crippen LogP contribution in [0, 0.1) is 0 Å². The molecule has 0 N–H and O–H groups in total. The van der Waals surface area contributed by atoms with Gasteiger partial charge < -0.3 is 4.74 Å². The minimum atomic E-state index is 0.421. The van der Waals surface area contributed by atoms with E-state index in [2.05, 4.69) is 46.3 Å². The van der Waals surface area contributed by atoms with Crippen molar-refractivity contribution in [2.45, 2.75) is 69.7 Å². The Morgan fingerprint density at radius 1 is 1.00 bits per heavy atom. The van der Waals surface area contributed by atoms with Gasteiger partial charge in [-0.25, -0.2) is 0 Å². The summed E-state index contributed by atoms with van der Waals surface area (Å²) >= 11 is 0. The summed E-state index contributed by atoms with van der Waals surface area (Å²) in [5.41, 5.74) is 4.12. The first kappa shape index (κ1) is 15.4. The van der Waals surface area contributed by atoms with E-state index in [0.717, 1.165) is 18.7 Å². The first-order valence-corrected chi connectivity index (χ1v) is 9.82. The maximum absolute atomic E-state index is 6.37. The van der Waals surface area contributed by atoms with E-state index in [-0.39, 0.29) is 0 Å². The molecule has 2 aromatic rings. The third-order valence-electron chi connectivity index (χ3n) is 6.28. The molecule has 0 spiro atoms. The van der Waals surface area contributed by atoms with Crippen LogP contribution < -0.4 is 4.74 Å². The molecule has 2 fully saturated rings. The zero-order valence-corrected chi connectivity index (χ0v) is 14.7. The van der Waals surface area contributed by atoms with Gasteiger partial charge in [0.1, 0.15) is 5.75 Å². The summed E-state index contributed by atoms with van der Waals surface area (Å²) in [4.78, 5) is 7.33. The number of benzene rings is 1. The highest BCUT2D eigenvalue weighted by Gasteiger charge is 2.40. The van der Waals surface area contributed by atoms with Crippen LogP contribution in [0.3, 0.4) is 0 Å². The smallest absolute Gasteiger partial charge is 0.124 e. The molecule has 1 aliphatic carbocycles. The summed E-state index contributed by atoms with van der Waals surface area (Å²) in [7, 11) is 0. The summed E-state index contributed by atoms with van der Waals surface area (Å²) in [6.45, 7) is 0.993. The Kier molecular flexibility index (Phi) is 3.97. The number of pyridine rings is 1. The van der Waals surface area contributed by atoms with Gasteiger partial charge in [-0.2, -0.15) is 0 Å². The Morgan fingerprint density at radius 2 is 1.88 bits per heavy atom. The van der Waals surface area contributed by atoms with Crippen LogP contribution in [-0.2, 0) is 13.0 Å². The quantitative estimate of drug-likeness (QED) is 0.813. The standard InChI is InChI=1S/C22H26N2O/c1-4-10-22(25-18-7-2-3-8-18)16(6-1)15-24-17-11-12-21(24)19-9-5-13-23-20(19)14-17/h1,4-6,9-10,13,17-18,21H,2-3,7-8,11-12,14-15H2/t17-,21-/m0/s1. The van der Waals surface area contributed by atoms with E-state index in [0.29, 0.717) is 18.2 Å². The second-order valence-corrected chi connectivity index (χ2v) is 7.79. The monoisotopic (exact) mass is 334 g/mol. The van der Waals surface area contributed by atoms with Gasteiger partial charge in [0.15, 0.2) is 0 Å². The van der Waals surface area contributed by atoms with E-state index < -0.39 is 0 Å². The third kappa shape index (κ3) is 2.85. The Bertz CT molecular complexity index is 753.